The molecule has 2 aromatic heterocycles. The van der Waals surface area contributed by atoms with Gasteiger partial charge >= 0.3 is 0 Å². The van der Waals surface area contributed by atoms with E-state index in [-0.39, 0.29) is 54.8 Å². The molecule has 0 atom stereocenters. The maximum Gasteiger partial charge on any atom is 0.164 e. The molecule has 11 aromatic rings. The Bertz CT molecular complexity index is 3900. The highest BCUT2D eigenvalue weighted by Gasteiger charge is 2.17. The third-order valence-electron chi connectivity index (χ3n) is 10.5. The summed E-state index contributed by atoms with van der Waals surface area (Å²) in [5.74, 6) is 0.439. The van der Waals surface area contributed by atoms with Crippen LogP contribution in [-0.2, 0) is 0 Å². The number of nitrogens with zero attached hydrogens (tertiary/aromatic N) is 3. The minimum absolute atomic E-state index is 0.00893. The summed E-state index contributed by atoms with van der Waals surface area (Å²) in [6, 6.07) is 46.4. The average Bonchev–Trinajstić information content (AvgIpc) is 3.84. The number of fused-ring (bicyclic) bond motifs is 3. The van der Waals surface area contributed by atoms with Crippen LogP contribution in [0, 0.1) is 0 Å². The van der Waals surface area contributed by atoms with Crippen LogP contribution >= 0.6 is 11.3 Å². The fraction of sp³-hybridized carbons (Fsp3) is 0. The molecule has 9 aromatic carbocycles. The zero-order valence-corrected chi connectivity index (χ0v) is 33.1. The van der Waals surface area contributed by atoms with Gasteiger partial charge in [-0.15, -0.1) is 11.3 Å². The van der Waals surface area contributed by atoms with E-state index < -0.39 is 66.0 Å². The molecule has 11 rings (SSSR count). The molecule has 0 fully saturated rings. The molecule has 0 aliphatic rings. The standard InChI is InChI=1S/C57H37N3S/c1-5-14-38(15-6-1)44-22-13-23-45(32-44)42-24-26-43(27-25-42)55-58-56(47-28-30-51-52-36-46(39-16-7-2-8-17-39)29-31-53(52)61-54(51)37-47)60-57(59-55)50-34-48(40-18-9-3-10-19-40)33-49(35-50)41-20-11-4-12-21-41/h1-37H/i2D,7D,8D,16D,17D,28D,29D,30D,31D,36D,37D. The lowest BCUT2D eigenvalue weighted by Gasteiger charge is -2.13. The van der Waals surface area contributed by atoms with Gasteiger partial charge in [-0.2, -0.15) is 0 Å². The van der Waals surface area contributed by atoms with Crippen molar-refractivity contribution in [2.45, 2.75) is 0 Å². The quantitative estimate of drug-likeness (QED) is 0.154. The number of thiophene rings is 1. The van der Waals surface area contributed by atoms with Crippen molar-refractivity contribution in [1.82, 2.24) is 15.0 Å². The van der Waals surface area contributed by atoms with Gasteiger partial charge in [-0.25, -0.2) is 15.0 Å². The number of benzene rings is 9. The summed E-state index contributed by atoms with van der Waals surface area (Å²) in [4.78, 5) is 15.0. The van der Waals surface area contributed by atoms with E-state index in [0.29, 0.717) is 11.1 Å². The summed E-state index contributed by atoms with van der Waals surface area (Å²) in [5, 5.41) is -0.0423. The van der Waals surface area contributed by atoms with Crippen LogP contribution in [-0.4, -0.2) is 15.0 Å². The van der Waals surface area contributed by atoms with Gasteiger partial charge in [-0.05, 0) is 98.0 Å². The normalized spacial score (nSPS) is 13.8. The van der Waals surface area contributed by atoms with Crippen molar-refractivity contribution in [2.24, 2.45) is 0 Å². The predicted octanol–water partition coefficient (Wildman–Crippen LogP) is 15.6. The van der Waals surface area contributed by atoms with Crippen molar-refractivity contribution in [3.63, 3.8) is 0 Å². The molecule has 0 saturated carbocycles. The molecule has 286 valence electrons. The Hall–Kier alpha value is -7.79. The SMILES string of the molecule is [2H]c1c([2H])c([2H])c(-c2c([2H])c([2H])c3sc4c([2H])c(-c5nc(-c6ccc(-c7cccc(-c8ccccc8)c7)cc6)nc(-c6cc(-c7ccccc7)cc(-c7ccccc7)c6)n5)c([2H])c([2H])c4c3c2[2H])c([2H])c1[2H]. The first kappa shape index (κ1) is 26.3. The number of rotatable bonds is 8. The topological polar surface area (TPSA) is 38.7 Å². The van der Waals surface area contributed by atoms with Gasteiger partial charge in [0.05, 0.1) is 15.1 Å². The lowest BCUT2D eigenvalue weighted by Crippen LogP contribution is -2.00. The summed E-state index contributed by atoms with van der Waals surface area (Å²) in [6.07, 6.45) is 0. The highest BCUT2D eigenvalue weighted by molar-refractivity contribution is 7.25. The summed E-state index contributed by atoms with van der Waals surface area (Å²) in [6.45, 7) is 0. The molecule has 4 heteroatoms. The Morgan fingerprint density at radius 2 is 0.770 bits per heavy atom. The highest BCUT2D eigenvalue weighted by Crippen LogP contribution is 2.39. The van der Waals surface area contributed by atoms with E-state index in [9.17, 15) is 5.48 Å². The minimum atomic E-state index is -0.664. The van der Waals surface area contributed by atoms with Crippen molar-refractivity contribution in [3.8, 4) is 89.8 Å². The van der Waals surface area contributed by atoms with E-state index in [4.69, 9.17) is 24.5 Å². The Morgan fingerprint density at radius 1 is 0.295 bits per heavy atom. The van der Waals surface area contributed by atoms with Crippen molar-refractivity contribution >= 4 is 31.5 Å². The van der Waals surface area contributed by atoms with E-state index in [0.717, 1.165) is 55.8 Å². The Labute approximate surface area is 374 Å². The monoisotopic (exact) mass is 806 g/mol. The van der Waals surface area contributed by atoms with E-state index in [1.807, 2.05) is 127 Å². The molecule has 0 unspecified atom stereocenters. The maximum absolute atomic E-state index is 9.76. The third-order valence-corrected chi connectivity index (χ3v) is 11.5. The average molecular weight is 807 g/mol. The summed E-state index contributed by atoms with van der Waals surface area (Å²) in [7, 11) is 0. The molecule has 0 aliphatic carbocycles. The molecular formula is C57H37N3S. The minimum Gasteiger partial charge on any atom is -0.208 e. The fourth-order valence-electron chi connectivity index (χ4n) is 7.42. The molecule has 0 radical (unpaired) electrons. The Morgan fingerprint density at radius 3 is 1.39 bits per heavy atom. The molecule has 0 aliphatic heterocycles. The molecule has 3 nitrogen and oxygen atoms in total. The van der Waals surface area contributed by atoms with Crippen LogP contribution < -0.4 is 0 Å². The van der Waals surface area contributed by atoms with Gasteiger partial charge in [0, 0.05) is 36.9 Å². The first-order chi connectivity index (χ1) is 34.8. The summed E-state index contributed by atoms with van der Waals surface area (Å²) >= 11 is 0.908. The van der Waals surface area contributed by atoms with Crippen LogP contribution in [0.1, 0.15) is 15.1 Å². The van der Waals surface area contributed by atoms with Gasteiger partial charge < -0.3 is 0 Å². The van der Waals surface area contributed by atoms with Crippen LogP contribution in [0.3, 0.4) is 0 Å². The van der Waals surface area contributed by atoms with Crippen molar-refractivity contribution in [3.05, 3.63) is 224 Å². The second-order valence-corrected chi connectivity index (χ2v) is 15.4. The van der Waals surface area contributed by atoms with Gasteiger partial charge in [0.2, 0.25) is 0 Å². The van der Waals surface area contributed by atoms with Crippen LogP contribution in [0.4, 0.5) is 0 Å². The molecule has 61 heavy (non-hydrogen) atoms. The molecule has 2 heterocycles. The van der Waals surface area contributed by atoms with Crippen LogP contribution in [0.25, 0.3) is 110 Å². The maximum atomic E-state index is 9.76. The van der Waals surface area contributed by atoms with E-state index in [1.54, 1.807) is 0 Å². The van der Waals surface area contributed by atoms with Gasteiger partial charge in [0.15, 0.2) is 17.5 Å². The van der Waals surface area contributed by atoms with Gasteiger partial charge in [0.1, 0.15) is 0 Å². The van der Waals surface area contributed by atoms with Crippen molar-refractivity contribution in [1.29, 1.82) is 0 Å². The molecule has 0 saturated heterocycles. The predicted molar refractivity (Wildman–Crippen MR) is 256 cm³/mol. The largest absolute Gasteiger partial charge is 0.208 e. The number of aromatic nitrogens is 3. The number of hydrogen-bond donors (Lipinski definition) is 0. The van der Waals surface area contributed by atoms with E-state index in [2.05, 4.69) is 30.3 Å². The number of hydrogen-bond acceptors (Lipinski definition) is 4. The molecule has 0 spiro atoms. The lowest BCUT2D eigenvalue weighted by molar-refractivity contribution is 1.07. The lowest BCUT2D eigenvalue weighted by atomic mass is 9.96. The summed E-state index contributed by atoms with van der Waals surface area (Å²) in [5.41, 5.74) is 8.22. The third kappa shape index (κ3) is 7.31. The smallest absolute Gasteiger partial charge is 0.164 e. The van der Waals surface area contributed by atoms with Crippen LogP contribution in [0.2, 0.25) is 0 Å². The van der Waals surface area contributed by atoms with Crippen LogP contribution in [0.5, 0.6) is 0 Å². The first-order valence-electron chi connectivity index (χ1n) is 25.1. The zero-order chi connectivity index (χ0) is 50.1. The second-order valence-electron chi connectivity index (χ2n) is 14.4. The van der Waals surface area contributed by atoms with Crippen LogP contribution in [0.15, 0.2) is 224 Å². The van der Waals surface area contributed by atoms with Crippen molar-refractivity contribution < 1.29 is 15.1 Å². The zero-order valence-electron chi connectivity index (χ0n) is 43.3. The Kier molecular flexibility index (Phi) is 6.80. The fourth-order valence-corrected chi connectivity index (χ4v) is 8.39. The van der Waals surface area contributed by atoms with Crippen molar-refractivity contribution in [2.75, 3.05) is 0 Å². The Balaban J connectivity index is 1.13. The van der Waals surface area contributed by atoms with Gasteiger partial charge in [0.25, 0.3) is 0 Å². The molecule has 0 N–H and O–H groups in total. The molecule has 0 bridgehead atoms. The first-order valence-corrected chi connectivity index (χ1v) is 20.4. The highest BCUT2D eigenvalue weighted by atomic mass is 32.1. The van der Waals surface area contributed by atoms with E-state index >= 15 is 0 Å². The van der Waals surface area contributed by atoms with E-state index in [1.165, 1.54) is 0 Å². The molecule has 0 amide bonds. The van der Waals surface area contributed by atoms with Gasteiger partial charge in [-0.1, -0.05) is 182 Å². The second kappa shape index (κ2) is 15.8. The summed E-state index contributed by atoms with van der Waals surface area (Å²) < 4.78 is 98.6. The van der Waals surface area contributed by atoms with Gasteiger partial charge in [-0.3, -0.25) is 0 Å². The molecular weight excluding hydrogens is 759 g/mol.